The Balaban J connectivity index is 2.30. The number of nitrogens with zero attached hydrogens (tertiary/aromatic N) is 1. The number of hydrogen-bond donors (Lipinski definition) is 2. The minimum absolute atomic E-state index is 0.459. The topological polar surface area (TPSA) is 75.4 Å². The van der Waals surface area contributed by atoms with Gasteiger partial charge in [0.25, 0.3) is 0 Å². The van der Waals surface area contributed by atoms with Gasteiger partial charge in [-0.25, -0.2) is 0 Å². The van der Waals surface area contributed by atoms with Crippen LogP contribution in [-0.4, -0.2) is 21.5 Å². The second kappa shape index (κ2) is 3.80. The van der Waals surface area contributed by atoms with E-state index in [4.69, 9.17) is 5.73 Å². The van der Waals surface area contributed by atoms with E-state index in [0.717, 1.165) is 5.56 Å². The van der Waals surface area contributed by atoms with Gasteiger partial charge in [0, 0.05) is 19.6 Å². The molecule has 6 heteroatoms. The Hall–Kier alpha value is -1.11. The van der Waals surface area contributed by atoms with Crippen molar-refractivity contribution in [2.45, 2.75) is 6.54 Å². The van der Waals surface area contributed by atoms with E-state index in [1.54, 1.807) is 12.1 Å². The van der Waals surface area contributed by atoms with Gasteiger partial charge >= 0.3 is 10.2 Å². The molecule has 1 aromatic carbocycles. The van der Waals surface area contributed by atoms with Crippen molar-refractivity contribution in [1.82, 2.24) is 4.72 Å². The first-order chi connectivity index (χ1) is 7.13. The molecular formula is C9H13N3O2S. The molecule has 15 heavy (non-hydrogen) atoms. The molecule has 82 valence electrons. The maximum atomic E-state index is 11.5. The average Bonchev–Trinajstić information content (AvgIpc) is 2.58. The molecule has 0 aliphatic carbocycles. The molecule has 3 N–H and O–H groups in total. The number of nitrogens with one attached hydrogen (secondary N) is 1. The van der Waals surface area contributed by atoms with Gasteiger partial charge in [0.05, 0.1) is 5.69 Å². The summed E-state index contributed by atoms with van der Waals surface area (Å²) < 4.78 is 26.8. The van der Waals surface area contributed by atoms with Crippen LogP contribution in [0, 0.1) is 0 Å². The second-order valence-electron chi connectivity index (χ2n) is 3.34. The maximum Gasteiger partial charge on any atom is 0.301 e. The van der Waals surface area contributed by atoms with E-state index in [1.807, 2.05) is 12.1 Å². The Bertz CT molecular complexity index is 441. The van der Waals surface area contributed by atoms with Crippen LogP contribution in [0.3, 0.4) is 0 Å². The standard InChI is InChI=1S/C9H13N3O2S/c10-7-8-1-3-9(4-2-8)12-6-5-11-15(12,13)14/h1-4,11H,5-7,10H2. The van der Waals surface area contributed by atoms with Crippen LogP contribution in [0.25, 0.3) is 0 Å². The lowest BCUT2D eigenvalue weighted by atomic mass is 10.2. The Morgan fingerprint density at radius 2 is 2.00 bits per heavy atom. The molecule has 1 aromatic rings. The molecule has 0 amide bonds. The molecule has 1 saturated heterocycles. The smallest absolute Gasteiger partial charge is 0.301 e. The van der Waals surface area contributed by atoms with Gasteiger partial charge in [0.2, 0.25) is 0 Å². The lowest BCUT2D eigenvalue weighted by molar-refractivity contribution is 0.591. The van der Waals surface area contributed by atoms with Gasteiger partial charge in [-0.1, -0.05) is 12.1 Å². The normalized spacial score (nSPS) is 19.4. The quantitative estimate of drug-likeness (QED) is 0.734. The summed E-state index contributed by atoms with van der Waals surface area (Å²) in [4.78, 5) is 0. The van der Waals surface area contributed by atoms with Crippen LogP contribution in [0.15, 0.2) is 24.3 Å². The molecule has 1 aliphatic heterocycles. The fourth-order valence-electron chi connectivity index (χ4n) is 1.54. The van der Waals surface area contributed by atoms with Crippen molar-refractivity contribution in [3.8, 4) is 0 Å². The highest BCUT2D eigenvalue weighted by Gasteiger charge is 2.27. The van der Waals surface area contributed by atoms with E-state index in [0.29, 0.717) is 25.3 Å². The number of hydrogen-bond acceptors (Lipinski definition) is 3. The fraction of sp³-hybridized carbons (Fsp3) is 0.333. The van der Waals surface area contributed by atoms with Crippen molar-refractivity contribution in [3.05, 3.63) is 29.8 Å². The van der Waals surface area contributed by atoms with Crippen LogP contribution < -0.4 is 14.8 Å². The summed E-state index contributed by atoms with van der Waals surface area (Å²) in [6.45, 7) is 1.40. The third kappa shape index (κ3) is 1.97. The lowest BCUT2D eigenvalue weighted by Gasteiger charge is -2.15. The molecule has 2 rings (SSSR count). The molecule has 0 spiro atoms. The van der Waals surface area contributed by atoms with Gasteiger partial charge in [-0.15, -0.1) is 0 Å². The zero-order chi connectivity index (χ0) is 10.9. The Morgan fingerprint density at radius 3 is 2.47 bits per heavy atom. The summed E-state index contributed by atoms with van der Waals surface area (Å²) in [5.41, 5.74) is 7.13. The van der Waals surface area contributed by atoms with Crippen LogP contribution in [0.5, 0.6) is 0 Å². The minimum atomic E-state index is -3.31. The molecule has 0 aromatic heterocycles. The first-order valence-electron chi connectivity index (χ1n) is 4.70. The largest absolute Gasteiger partial charge is 0.326 e. The molecule has 0 unspecified atom stereocenters. The molecule has 0 saturated carbocycles. The third-order valence-corrected chi connectivity index (χ3v) is 3.89. The van der Waals surface area contributed by atoms with Crippen LogP contribution >= 0.6 is 0 Å². The molecule has 0 atom stereocenters. The summed E-state index contributed by atoms with van der Waals surface area (Å²) in [6.07, 6.45) is 0. The second-order valence-corrected chi connectivity index (χ2v) is 5.02. The highest BCUT2D eigenvalue weighted by molar-refractivity contribution is 7.91. The van der Waals surface area contributed by atoms with Gasteiger partial charge in [0.1, 0.15) is 0 Å². The van der Waals surface area contributed by atoms with Crippen LogP contribution in [0.1, 0.15) is 5.56 Å². The molecule has 0 bridgehead atoms. The van der Waals surface area contributed by atoms with Crippen molar-refractivity contribution in [2.75, 3.05) is 17.4 Å². The number of benzene rings is 1. The van der Waals surface area contributed by atoms with Crippen molar-refractivity contribution in [3.63, 3.8) is 0 Å². The van der Waals surface area contributed by atoms with Gasteiger partial charge < -0.3 is 5.73 Å². The predicted octanol–water partition coefficient (Wildman–Crippen LogP) is -0.200. The van der Waals surface area contributed by atoms with Gasteiger partial charge in [0.15, 0.2) is 0 Å². The first kappa shape index (κ1) is 10.4. The number of rotatable bonds is 2. The van der Waals surface area contributed by atoms with E-state index in [-0.39, 0.29) is 0 Å². The summed E-state index contributed by atoms with van der Waals surface area (Å²) in [5.74, 6) is 0. The molecule has 1 heterocycles. The SMILES string of the molecule is NCc1ccc(N2CCNS2(=O)=O)cc1. The van der Waals surface area contributed by atoms with Gasteiger partial charge in [-0.05, 0) is 17.7 Å². The van der Waals surface area contributed by atoms with E-state index in [9.17, 15) is 8.42 Å². The third-order valence-electron chi connectivity index (χ3n) is 2.35. The molecular weight excluding hydrogens is 214 g/mol. The first-order valence-corrected chi connectivity index (χ1v) is 6.14. The number of anilines is 1. The maximum absolute atomic E-state index is 11.5. The van der Waals surface area contributed by atoms with E-state index in [1.165, 1.54) is 4.31 Å². The summed E-state index contributed by atoms with van der Waals surface area (Å²) >= 11 is 0. The summed E-state index contributed by atoms with van der Waals surface area (Å²) in [5, 5.41) is 0. The molecule has 1 aliphatic rings. The summed E-state index contributed by atoms with van der Waals surface area (Å²) in [7, 11) is -3.31. The van der Waals surface area contributed by atoms with E-state index < -0.39 is 10.2 Å². The Morgan fingerprint density at radius 1 is 1.33 bits per heavy atom. The van der Waals surface area contributed by atoms with Gasteiger partial charge in [-0.2, -0.15) is 13.1 Å². The van der Waals surface area contributed by atoms with Crippen molar-refractivity contribution in [1.29, 1.82) is 0 Å². The van der Waals surface area contributed by atoms with Crippen LogP contribution in [0.2, 0.25) is 0 Å². The minimum Gasteiger partial charge on any atom is -0.326 e. The Labute approximate surface area is 89.1 Å². The average molecular weight is 227 g/mol. The fourth-order valence-corrected chi connectivity index (χ4v) is 2.78. The zero-order valence-electron chi connectivity index (χ0n) is 8.18. The van der Waals surface area contributed by atoms with Crippen LogP contribution in [-0.2, 0) is 16.8 Å². The van der Waals surface area contributed by atoms with Crippen molar-refractivity contribution in [2.24, 2.45) is 5.73 Å². The summed E-state index contributed by atoms with van der Waals surface area (Å²) in [6, 6.07) is 7.21. The monoisotopic (exact) mass is 227 g/mol. The highest BCUT2D eigenvalue weighted by atomic mass is 32.2. The molecule has 0 radical (unpaired) electrons. The van der Waals surface area contributed by atoms with E-state index >= 15 is 0 Å². The zero-order valence-corrected chi connectivity index (χ0v) is 9.00. The van der Waals surface area contributed by atoms with Gasteiger partial charge in [-0.3, -0.25) is 4.31 Å². The molecule has 1 fully saturated rings. The Kier molecular flexibility index (Phi) is 2.64. The predicted molar refractivity (Wildman–Crippen MR) is 58.6 cm³/mol. The van der Waals surface area contributed by atoms with Crippen molar-refractivity contribution < 1.29 is 8.42 Å². The van der Waals surface area contributed by atoms with Crippen molar-refractivity contribution >= 4 is 15.9 Å². The van der Waals surface area contributed by atoms with Crippen LogP contribution in [0.4, 0.5) is 5.69 Å². The lowest BCUT2D eigenvalue weighted by Crippen LogP contribution is -2.29. The van der Waals surface area contributed by atoms with E-state index in [2.05, 4.69) is 4.72 Å². The number of nitrogens with two attached hydrogens (primary N) is 1. The highest BCUT2D eigenvalue weighted by Crippen LogP contribution is 2.19. The molecule has 5 nitrogen and oxygen atoms in total.